The number of morpholine rings is 1. The van der Waals surface area contributed by atoms with Gasteiger partial charge in [-0.1, -0.05) is 46.0 Å². The molecular formula is C31H54N6O6. The van der Waals surface area contributed by atoms with Crippen LogP contribution >= 0.6 is 0 Å². The van der Waals surface area contributed by atoms with Crippen molar-refractivity contribution < 1.29 is 28.5 Å². The maximum absolute atomic E-state index is 14.0. The number of carbonyl (C=O) groups excluding carboxylic acids is 2. The molecule has 3 fully saturated rings. The van der Waals surface area contributed by atoms with E-state index in [0.717, 1.165) is 51.7 Å². The second kappa shape index (κ2) is 19.0. The van der Waals surface area contributed by atoms with E-state index < -0.39 is 17.7 Å². The molecule has 0 radical (unpaired) electrons. The third-order valence-corrected chi connectivity index (χ3v) is 8.42. The molecule has 244 valence electrons. The van der Waals surface area contributed by atoms with Crippen LogP contribution in [0.4, 0.5) is 4.79 Å². The molecule has 12 nitrogen and oxygen atoms in total. The van der Waals surface area contributed by atoms with Gasteiger partial charge in [0.05, 0.1) is 39.1 Å². The second-order valence-corrected chi connectivity index (χ2v) is 12.4. The summed E-state index contributed by atoms with van der Waals surface area (Å²) in [6, 6.07) is 1.71. The summed E-state index contributed by atoms with van der Waals surface area (Å²) >= 11 is 0. The van der Waals surface area contributed by atoms with E-state index in [1.54, 1.807) is 7.11 Å². The lowest BCUT2D eigenvalue weighted by atomic mass is 9.84. The number of piperidine rings is 1. The molecule has 2 heterocycles. The van der Waals surface area contributed by atoms with Crippen LogP contribution in [-0.4, -0.2) is 119 Å². The van der Waals surface area contributed by atoms with E-state index in [1.807, 2.05) is 18.7 Å². The number of nitriles is 1. The van der Waals surface area contributed by atoms with Gasteiger partial charge >= 0.3 is 6.09 Å². The Hall–Kier alpha value is -2.46. The number of ether oxygens (including phenoxy) is 4. The first-order chi connectivity index (χ1) is 20.8. The molecule has 0 spiro atoms. The van der Waals surface area contributed by atoms with Crippen molar-refractivity contribution in [3.05, 3.63) is 0 Å². The van der Waals surface area contributed by atoms with Crippen molar-refractivity contribution >= 4 is 18.0 Å². The van der Waals surface area contributed by atoms with Gasteiger partial charge in [0.1, 0.15) is 11.6 Å². The first-order valence-electron chi connectivity index (χ1n) is 16.2. The SMILES string of the molecule is COCCOCCCN1CCC(C#N)(NC(=O)[C@H](CC2CCCCC2)N=C(NC(=O)OCC(C)C)N2CCOCC2)CC1. The van der Waals surface area contributed by atoms with Crippen LogP contribution in [-0.2, 0) is 23.7 Å². The fourth-order valence-corrected chi connectivity index (χ4v) is 5.82. The van der Waals surface area contributed by atoms with Gasteiger partial charge in [-0.15, -0.1) is 0 Å². The summed E-state index contributed by atoms with van der Waals surface area (Å²) < 4.78 is 21.5. The van der Waals surface area contributed by atoms with Gasteiger partial charge in [-0.05, 0) is 37.5 Å². The van der Waals surface area contributed by atoms with Crippen LogP contribution in [0.15, 0.2) is 4.99 Å². The molecule has 1 atom stereocenters. The lowest BCUT2D eigenvalue weighted by Crippen LogP contribution is -2.57. The highest BCUT2D eigenvalue weighted by atomic mass is 16.5. The molecule has 3 aliphatic rings. The highest BCUT2D eigenvalue weighted by molar-refractivity contribution is 5.96. The molecule has 0 aromatic heterocycles. The van der Waals surface area contributed by atoms with Crippen molar-refractivity contribution in [2.24, 2.45) is 16.8 Å². The summed E-state index contributed by atoms with van der Waals surface area (Å²) in [5.41, 5.74) is -0.939. The van der Waals surface area contributed by atoms with Crippen LogP contribution in [0, 0.1) is 23.2 Å². The normalized spacial score (nSPS) is 20.8. The number of amides is 2. The van der Waals surface area contributed by atoms with Gasteiger partial charge in [0.15, 0.2) is 0 Å². The van der Waals surface area contributed by atoms with Crippen molar-refractivity contribution in [2.45, 2.75) is 83.2 Å². The average molecular weight is 607 g/mol. The van der Waals surface area contributed by atoms with Crippen molar-refractivity contribution in [1.82, 2.24) is 20.4 Å². The van der Waals surface area contributed by atoms with Gasteiger partial charge in [0.25, 0.3) is 0 Å². The minimum Gasteiger partial charge on any atom is -0.449 e. The number of likely N-dealkylation sites (tertiary alicyclic amines) is 1. The summed E-state index contributed by atoms with van der Waals surface area (Å²) in [7, 11) is 1.66. The number of aliphatic imine (C=N–C) groups is 1. The van der Waals surface area contributed by atoms with Crippen LogP contribution in [0.1, 0.15) is 71.6 Å². The summed E-state index contributed by atoms with van der Waals surface area (Å²) in [5.74, 6) is 0.650. The first-order valence-corrected chi connectivity index (χ1v) is 16.2. The molecule has 1 aliphatic carbocycles. The fourth-order valence-electron chi connectivity index (χ4n) is 5.82. The number of alkyl carbamates (subject to hydrolysis) is 1. The molecule has 3 rings (SSSR count). The molecule has 2 N–H and O–H groups in total. The Labute approximate surface area is 257 Å². The molecule has 0 unspecified atom stereocenters. The Morgan fingerprint density at radius 2 is 1.79 bits per heavy atom. The van der Waals surface area contributed by atoms with E-state index in [9.17, 15) is 14.9 Å². The molecule has 0 bridgehead atoms. The highest BCUT2D eigenvalue weighted by Crippen LogP contribution is 2.29. The number of hydrogen-bond acceptors (Lipinski definition) is 9. The number of carbonyl (C=O) groups is 2. The topological polar surface area (TPSA) is 138 Å². The molecule has 0 aromatic carbocycles. The monoisotopic (exact) mass is 606 g/mol. The van der Waals surface area contributed by atoms with E-state index in [0.29, 0.717) is 77.3 Å². The van der Waals surface area contributed by atoms with E-state index >= 15 is 0 Å². The third kappa shape index (κ3) is 12.6. The molecule has 12 heteroatoms. The Morgan fingerprint density at radius 1 is 1.07 bits per heavy atom. The molecule has 2 saturated heterocycles. The quantitative estimate of drug-likeness (QED) is 0.174. The van der Waals surface area contributed by atoms with Crippen LogP contribution < -0.4 is 10.6 Å². The van der Waals surface area contributed by atoms with Gasteiger partial charge in [-0.3, -0.25) is 10.1 Å². The third-order valence-electron chi connectivity index (χ3n) is 8.42. The number of rotatable bonds is 14. The van der Waals surface area contributed by atoms with E-state index in [2.05, 4.69) is 21.6 Å². The van der Waals surface area contributed by atoms with Crippen LogP contribution in [0.5, 0.6) is 0 Å². The zero-order valence-corrected chi connectivity index (χ0v) is 26.6. The van der Waals surface area contributed by atoms with E-state index in [-0.39, 0.29) is 18.4 Å². The van der Waals surface area contributed by atoms with Gasteiger partial charge in [-0.2, -0.15) is 5.26 Å². The predicted octanol–water partition coefficient (Wildman–Crippen LogP) is 2.92. The summed E-state index contributed by atoms with van der Waals surface area (Å²) in [6.07, 6.45) is 7.64. The molecular weight excluding hydrogens is 552 g/mol. The standard InChI is InChI=1S/C31H54N6O6/c1-25(2)23-43-30(39)34-29(37-15-18-42-19-16-37)33-27(22-26-8-5-4-6-9-26)28(38)35-31(24-32)10-13-36(14-11-31)12-7-17-41-21-20-40-3/h25-27H,4-23H2,1-3H3,(H,35,38)(H,33,34,39)/t27-/m0/s1. The molecule has 0 aromatic rings. The van der Waals surface area contributed by atoms with Gasteiger partial charge < -0.3 is 34.1 Å². The highest BCUT2D eigenvalue weighted by Gasteiger charge is 2.38. The van der Waals surface area contributed by atoms with E-state index in [4.69, 9.17) is 23.9 Å². The number of methoxy groups -OCH3 is 1. The first kappa shape index (κ1) is 35.0. The van der Waals surface area contributed by atoms with Crippen LogP contribution in [0.25, 0.3) is 0 Å². The Morgan fingerprint density at radius 3 is 2.44 bits per heavy atom. The van der Waals surface area contributed by atoms with Gasteiger partial charge in [0, 0.05) is 46.4 Å². The second-order valence-electron chi connectivity index (χ2n) is 12.4. The zero-order chi connectivity index (χ0) is 30.9. The van der Waals surface area contributed by atoms with Crippen LogP contribution in [0.3, 0.4) is 0 Å². The zero-order valence-electron chi connectivity index (χ0n) is 26.6. The van der Waals surface area contributed by atoms with Gasteiger partial charge in [0.2, 0.25) is 11.9 Å². The van der Waals surface area contributed by atoms with Crippen molar-refractivity contribution in [3.8, 4) is 6.07 Å². The van der Waals surface area contributed by atoms with E-state index in [1.165, 1.54) is 6.42 Å². The number of nitrogens with zero attached hydrogens (tertiary/aromatic N) is 4. The average Bonchev–Trinajstić information content (AvgIpc) is 3.02. The summed E-state index contributed by atoms with van der Waals surface area (Å²) in [5, 5.41) is 16.2. The van der Waals surface area contributed by atoms with Crippen molar-refractivity contribution in [2.75, 3.05) is 79.5 Å². The Balaban J connectivity index is 1.69. The molecule has 2 aliphatic heterocycles. The Bertz CT molecular complexity index is 905. The van der Waals surface area contributed by atoms with Crippen molar-refractivity contribution in [1.29, 1.82) is 5.26 Å². The fraction of sp³-hybridized carbons (Fsp3) is 0.871. The lowest BCUT2D eigenvalue weighted by molar-refractivity contribution is -0.124. The van der Waals surface area contributed by atoms with Crippen LogP contribution in [0.2, 0.25) is 0 Å². The number of guanidine groups is 1. The van der Waals surface area contributed by atoms with Gasteiger partial charge in [-0.25, -0.2) is 9.79 Å². The predicted molar refractivity (Wildman–Crippen MR) is 164 cm³/mol. The molecule has 2 amide bonds. The minimum absolute atomic E-state index is 0.196. The maximum Gasteiger partial charge on any atom is 0.413 e. The number of hydrogen-bond donors (Lipinski definition) is 2. The number of nitrogens with one attached hydrogen (secondary N) is 2. The maximum atomic E-state index is 14.0. The smallest absolute Gasteiger partial charge is 0.413 e. The molecule has 1 saturated carbocycles. The lowest BCUT2D eigenvalue weighted by Gasteiger charge is -2.38. The minimum atomic E-state index is -0.939. The largest absolute Gasteiger partial charge is 0.449 e. The van der Waals surface area contributed by atoms with Crippen molar-refractivity contribution in [3.63, 3.8) is 0 Å². The summed E-state index contributed by atoms with van der Waals surface area (Å²) in [4.78, 5) is 35.8. The molecule has 43 heavy (non-hydrogen) atoms. The Kier molecular flexibility index (Phi) is 15.5. The summed E-state index contributed by atoms with van der Waals surface area (Å²) in [6.45, 7) is 10.6.